The van der Waals surface area contributed by atoms with E-state index in [9.17, 15) is 9.59 Å². The van der Waals surface area contributed by atoms with Crippen molar-refractivity contribution in [3.05, 3.63) is 71.7 Å². The summed E-state index contributed by atoms with van der Waals surface area (Å²) in [5.74, 6) is -0.590. The van der Waals surface area contributed by atoms with E-state index >= 15 is 0 Å². The van der Waals surface area contributed by atoms with Gasteiger partial charge in [-0.2, -0.15) is 0 Å². The Kier molecular flexibility index (Phi) is 5.18. The fourth-order valence-corrected chi connectivity index (χ4v) is 3.62. The molecular weight excluding hydrogens is 378 g/mol. The highest BCUT2D eigenvalue weighted by Gasteiger charge is 2.28. The van der Waals surface area contributed by atoms with E-state index < -0.39 is 5.91 Å². The second-order valence-electron chi connectivity index (χ2n) is 7.64. The average Bonchev–Trinajstić information content (AvgIpc) is 3.18. The van der Waals surface area contributed by atoms with Gasteiger partial charge in [-0.05, 0) is 43.2 Å². The van der Waals surface area contributed by atoms with Crippen molar-refractivity contribution >= 4 is 11.9 Å². The van der Waals surface area contributed by atoms with Crippen LogP contribution in [0.1, 0.15) is 35.5 Å². The van der Waals surface area contributed by atoms with Crippen LogP contribution in [0.15, 0.2) is 54.9 Å². The zero-order valence-corrected chi connectivity index (χ0v) is 16.9. The molecule has 3 aromatic rings. The fraction of sp³-hybridized carbons (Fsp3) is 0.217. The number of fused-ring (bicyclic) bond motifs is 1. The lowest BCUT2D eigenvalue weighted by atomic mass is 9.98. The highest BCUT2D eigenvalue weighted by molar-refractivity contribution is 5.92. The van der Waals surface area contributed by atoms with Crippen LogP contribution < -0.4 is 11.1 Å². The first-order chi connectivity index (χ1) is 14.4. The molecule has 1 aliphatic heterocycles. The summed E-state index contributed by atoms with van der Waals surface area (Å²) in [5.41, 5.74) is 11.1. The Morgan fingerprint density at radius 2 is 1.83 bits per heavy atom. The molecule has 3 heterocycles. The Morgan fingerprint density at radius 1 is 1.07 bits per heavy atom. The predicted molar refractivity (Wildman–Crippen MR) is 114 cm³/mol. The van der Waals surface area contributed by atoms with E-state index in [0.29, 0.717) is 18.8 Å². The largest absolute Gasteiger partial charge is 0.364 e. The summed E-state index contributed by atoms with van der Waals surface area (Å²) in [6.45, 7) is 4.67. The van der Waals surface area contributed by atoms with Crippen LogP contribution in [0.3, 0.4) is 0 Å². The molecule has 2 aromatic heterocycles. The number of hydrogen-bond acceptors (Lipinski definition) is 4. The normalized spacial score (nSPS) is 12.7. The molecule has 0 radical (unpaired) electrons. The molecule has 0 fully saturated rings. The highest BCUT2D eigenvalue weighted by Crippen LogP contribution is 2.34. The van der Waals surface area contributed by atoms with Gasteiger partial charge in [-0.15, -0.1) is 0 Å². The smallest absolute Gasteiger partial charge is 0.318 e. The molecule has 0 unspecified atom stereocenters. The summed E-state index contributed by atoms with van der Waals surface area (Å²) in [6.07, 6.45) is 3.53. The van der Waals surface area contributed by atoms with E-state index in [2.05, 4.69) is 15.3 Å². The summed E-state index contributed by atoms with van der Waals surface area (Å²) >= 11 is 0. The number of primary amides is 1. The Bertz CT molecular complexity index is 1110. The second kappa shape index (κ2) is 7.94. The second-order valence-corrected chi connectivity index (χ2v) is 7.64. The Labute approximate surface area is 175 Å². The number of carbonyl (C=O) groups is 2. The van der Waals surface area contributed by atoms with Gasteiger partial charge in [-0.1, -0.05) is 24.3 Å². The van der Waals surface area contributed by atoms with E-state index in [-0.39, 0.29) is 17.8 Å². The maximum atomic E-state index is 12.5. The van der Waals surface area contributed by atoms with Gasteiger partial charge in [0.05, 0.1) is 12.2 Å². The van der Waals surface area contributed by atoms with Crippen molar-refractivity contribution in [3.63, 3.8) is 0 Å². The first-order valence-corrected chi connectivity index (χ1v) is 9.81. The lowest BCUT2D eigenvalue weighted by molar-refractivity contribution is 0.0995. The van der Waals surface area contributed by atoms with Crippen molar-refractivity contribution in [2.24, 2.45) is 5.73 Å². The number of carbonyl (C=O) groups excluding carboxylic acids is 2. The van der Waals surface area contributed by atoms with Gasteiger partial charge < -0.3 is 16.0 Å². The molecule has 0 saturated carbocycles. The molecule has 0 saturated heterocycles. The van der Waals surface area contributed by atoms with Gasteiger partial charge in [-0.3, -0.25) is 9.78 Å². The summed E-state index contributed by atoms with van der Waals surface area (Å²) < 4.78 is 0. The van der Waals surface area contributed by atoms with Crippen LogP contribution >= 0.6 is 0 Å². The molecule has 30 heavy (non-hydrogen) atoms. The number of pyridine rings is 2. The number of nitrogens with zero attached hydrogens (tertiary/aromatic N) is 3. The van der Waals surface area contributed by atoms with Crippen molar-refractivity contribution in [1.29, 1.82) is 0 Å². The van der Waals surface area contributed by atoms with Gasteiger partial charge in [-0.25, -0.2) is 9.78 Å². The monoisotopic (exact) mass is 401 g/mol. The number of nitrogens with one attached hydrogen (secondary N) is 1. The third-order valence-corrected chi connectivity index (χ3v) is 5.01. The maximum absolute atomic E-state index is 12.5. The number of benzene rings is 1. The quantitative estimate of drug-likeness (QED) is 0.700. The average molecular weight is 401 g/mol. The summed E-state index contributed by atoms with van der Waals surface area (Å²) in [5, 5.41) is 2.91. The van der Waals surface area contributed by atoms with Crippen LogP contribution in [-0.4, -0.2) is 32.8 Å². The van der Waals surface area contributed by atoms with Crippen LogP contribution in [0.4, 0.5) is 4.79 Å². The van der Waals surface area contributed by atoms with E-state index in [1.807, 2.05) is 50.2 Å². The number of hydrogen-bond donors (Lipinski definition) is 2. The van der Waals surface area contributed by atoms with Gasteiger partial charge in [0.25, 0.3) is 5.91 Å². The number of nitrogens with two attached hydrogens (primary N) is 1. The Morgan fingerprint density at radius 3 is 2.53 bits per heavy atom. The molecule has 7 nitrogen and oxygen atoms in total. The molecule has 0 bridgehead atoms. The Hall–Kier alpha value is -3.74. The van der Waals surface area contributed by atoms with Crippen LogP contribution in [0.25, 0.3) is 22.4 Å². The Balaban J connectivity index is 1.77. The van der Waals surface area contributed by atoms with Crippen molar-refractivity contribution in [2.75, 3.05) is 0 Å². The lowest BCUT2D eigenvalue weighted by Crippen LogP contribution is -2.40. The van der Waals surface area contributed by atoms with Crippen LogP contribution in [-0.2, 0) is 13.1 Å². The minimum atomic E-state index is -0.590. The zero-order chi connectivity index (χ0) is 21.3. The van der Waals surface area contributed by atoms with Crippen molar-refractivity contribution in [1.82, 2.24) is 20.2 Å². The van der Waals surface area contributed by atoms with Gasteiger partial charge in [0.15, 0.2) is 0 Å². The SMILES string of the molecule is CC(C)NC(=O)N1Cc2cc(C(N)=O)nc(-c3cccc(-c4cccnc4)c3)c2C1. The minimum Gasteiger partial charge on any atom is -0.364 e. The number of urea groups is 1. The molecule has 0 spiro atoms. The van der Waals surface area contributed by atoms with Crippen molar-refractivity contribution in [2.45, 2.75) is 33.0 Å². The van der Waals surface area contributed by atoms with Crippen LogP contribution in [0, 0.1) is 0 Å². The number of rotatable bonds is 4. The minimum absolute atomic E-state index is 0.0381. The predicted octanol–water partition coefficient (Wildman–Crippen LogP) is 3.34. The first kappa shape index (κ1) is 19.6. The van der Waals surface area contributed by atoms with Gasteiger partial charge in [0, 0.05) is 41.7 Å². The zero-order valence-electron chi connectivity index (χ0n) is 16.9. The van der Waals surface area contributed by atoms with E-state index in [1.54, 1.807) is 23.4 Å². The maximum Gasteiger partial charge on any atom is 0.318 e. The van der Waals surface area contributed by atoms with E-state index in [0.717, 1.165) is 27.8 Å². The lowest BCUT2D eigenvalue weighted by Gasteiger charge is -2.18. The number of amides is 3. The topological polar surface area (TPSA) is 101 Å². The fourth-order valence-electron chi connectivity index (χ4n) is 3.62. The molecule has 3 amide bonds. The van der Waals surface area contributed by atoms with E-state index in [1.165, 1.54) is 0 Å². The van der Waals surface area contributed by atoms with Gasteiger partial charge in [0.1, 0.15) is 5.69 Å². The standard InChI is InChI=1S/C23H23N5O2/c1-14(2)26-23(30)28-12-18-10-20(22(24)29)27-21(19(18)13-28)16-6-3-5-15(9-16)17-7-4-8-25-11-17/h3-11,14H,12-13H2,1-2H3,(H2,24,29)(H,26,30). The molecule has 1 aromatic carbocycles. The third-order valence-electron chi connectivity index (χ3n) is 5.01. The third kappa shape index (κ3) is 3.87. The number of aromatic nitrogens is 2. The van der Waals surface area contributed by atoms with Gasteiger partial charge in [0.2, 0.25) is 0 Å². The van der Waals surface area contributed by atoms with Crippen LogP contribution in [0.5, 0.6) is 0 Å². The molecule has 1 aliphatic rings. The molecule has 152 valence electrons. The summed E-state index contributed by atoms with van der Waals surface area (Å²) in [6, 6.07) is 13.4. The summed E-state index contributed by atoms with van der Waals surface area (Å²) in [4.78, 5) is 34.9. The summed E-state index contributed by atoms with van der Waals surface area (Å²) in [7, 11) is 0. The molecular formula is C23H23N5O2. The van der Waals surface area contributed by atoms with Gasteiger partial charge >= 0.3 is 6.03 Å². The molecule has 3 N–H and O–H groups in total. The highest BCUT2D eigenvalue weighted by atomic mass is 16.2. The van der Waals surface area contributed by atoms with Crippen molar-refractivity contribution in [3.8, 4) is 22.4 Å². The van der Waals surface area contributed by atoms with E-state index in [4.69, 9.17) is 5.73 Å². The molecule has 4 rings (SSSR count). The molecule has 0 aliphatic carbocycles. The first-order valence-electron chi connectivity index (χ1n) is 9.81. The molecule has 0 atom stereocenters. The van der Waals surface area contributed by atoms with Crippen LogP contribution in [0.2, 0.25) is 0 Å². The molecule has 7 heteroatoms. The van der Waals surface area contributed by atoms with Crippen molar-refractivity contribution < 1.29 is 9.59 Å².